The van der Waals surface area contributed by atoms with Crippen LogP contribution in [0.15, 0.2) is 24.5 Å². The van der Waals surface area contributed by atoms with Crippen LogP contribution in [0.2, 0.25) is 0 Å². The second-order valence-electron chi connectivity index (χ2n) is 4.09. The van der Waals surface area contributed by atoms with Gasteiger partial charge in [-0.05, 0) is 12.1 Å². The predicted octanol–water partition coefficient (Wildman–Crippen LogP) is 1.86. The number of hydrogen-bond donors (Lipinski definition) is 1. The number of rotatable bonds is 4. The molecule has 0 aliphatic heterocycles. The third kappa shape index (κ3) is 2.95. The van der Waals surface area contributed by atoms with E-state index >= 15 is 0 Å². The lowest BCUT2D eigenvalue weighted by atomic mass is 10.1. The summed E-state index contributed by atoms with van der Waals surface area (Å²) in [6, 6.07) is 3.77. The van der Waals surface area contributed by atoms with Crippen LogP contribution in [0.3, 0.4) is 0 Å². The molecule has 0 fully saturated rings. The van der Waals surface area contributed by atoms with Gasteiger partial charge in [0, 0.05) is 31.5 Å². The summed E-state index contributed by atoms with van der Waals surface area (Å²) in [5, 5.41) is 11.5. The minimum atomic E-state index is -0.719. The smallest absolute Gasteiger partial charge is 0.131 e. The van der Waals surface area contributed by atoms with Crippen molar-refractivity contribution >= 4 is 0 Å². The summed E-state index contributed by atoms with van der Waals surface area (Å²) in [4.78, 5) is 4.09. The highest BCUT2D eigenvalue weighted by Gasteiger charge is 2.11. The number of benzene rings is 1. The molecule has 0 saturated heterocycles. The minimum absolute atomic E-state index is 0.0251. The van der Waals surface area contributed by atoms with E-state index in [4.69, 9.17) is 5.26 Å². The molecular formula is C13H12F2N4. The fourth-order valence-electron chi connectivity index (χ4n) is 1.70. The van der Waals surface area contributed by atoms with Crippen LogP contribution in [-0.2, 0) is 20.1 Å². The van der Waals surface area contributed by atoms with Gasteiger partial charge in [0.1, 0.15) is 17.5 Å². The van der Waals surface area contributed by atoms with Gasteiger partial charge >= 0.3 is 0 Å². The number of nitrogens with one attached hydrogen (secondary N) is 1. The maximum absolute atomic E-state index is 13.6. The predicted molar refractivity (Wildman–Crippen MR) is 64.8 cm³/mol. The zero-order valence-electron chi connectivity index (χ0n) is 10.3. The van der Waals surface area contributed by atoms with Crippen LogP contribution >= 0.6 is 0 Å². The second kappa shape index (κ2) is 5.59. The Hall–Kier alpha value is -2.26. The number of nitrogens with zero attached hydrogens (tertiary/aromatic N) is 3. The highest BCUT2D eigenvalue weighted by atomic mass is 19.1. The highest BCUT2D eigenvalue weighted by molar-refractivity contribution is 5.34. The van der Waals surface area contributed by atoms with E-state index in [1.807, 2.05) is 11.6 Å². The molecule has 2 aromatic rings. The van der Waals surface area contributed by atoms with Gasteiger partial charge in [-0.1, -0.05) is 0 Å². The van der Waals surface area contributed by atoms with Gasteiger partial charge in [0.05, 0.1) is 18.2 Å². The molecule has 0 saturated carbocycles. The topological polar surface area (TPSA) is 53.6 Å². The van der Waals surface area contributed by atoms with E-state index in [1.165, 1.54) is 0 Å². The van der Waals surface area contributed by atoms with Crippen molar-refractivity contribution in [2.24, 2.45) is 7.05 Å². The molecule has 0 unspecified atom stereocenters. The lowest BCUT2D eigenvalue weighted by molar-refractivity contribution is 0.529. The van der Waals surface area contributed by atoms with Crippen LogP contribution in [0.1, 0.15) is 17.0 Å². The van der Waals surface area contributed by atoms with Crippen LogP contribution in [-0.4, -0.2) is 9.55 Å². The third-order valence-corrected chi connectivity index (χ3v) is 2.78. The van der Waals surface area contributed by atoms with Gasteiger partial charge in [-0.2, -0.15) is 5.26 Å². The molecule has 0 amide bonds. The maximum atomic E-state index is 13.6. The van der Waals surface area contributed by atoms with E-state index in [0.717, 1.165) is 18.0 Å². The number of nitriles is 1. The van der Waals surface area contributed by atoms with E-state index in [1.54, 1.807) is 18.5 Å². The lowest BCUT2D eigenvalue weighted by Gasteiger charge is -2.07. The van der Waals surface area contributed by atoms with E-state index in [0.29, 0.717) is 6.54 Å². The summed E-state index contributed by atoms with van der Waals surface area (Å²) in [5.74, 6) is -0.665. The lowest BCUT2D eigenvalue weighted by Crippen LogP contribution is -2.17. The Kier molecular flexibility index (Phi) is 3.88. The van der Waals surface area contributed by atoms with Crippen LogP contribution in [0, 0.1) is 23.0 Å². The Morgan fingerprint density at radius 3 is 2.53 bits per heavy atom. The van der Waals surface area contributed by atoms with Gasteiger partial charge in [0.25, 0.3) is 0 Å². The molecule has 1 N–H and O–H groups in total. The van der Waals surface area contributed by atoms with Crippen LogP contribution in [0.25, 0.3) is 0 Å². The largest absolute Gasteiger partial charge is 0.337 e. The molecule has 19 heavy (non-hydrogen) atoms. The summed E-state index contributed by atoms with van der Waals surface area (Å²) < 4.78 is 29.0. The molecule has 0 aliphatic carbocycles. The normalized spacial score (nSPS) is 10.4. The van der Waals surface area contributed by atoms with Crippen molar-refractivity contribution in [1.29, 1.82) is 5.26 Å². The van der Waals surface area contributed by atoms with Gasteiger partial charge in [-0.3, -0.25) is 0 Å². The average molecular weight is 262 g/mol. The molecule has 0 atom stereocenters. The summed E-state index contributed by atoms with van der Waals surface area (Å²) >= 11 is 0. The third-order valence-electron chi connectivity index (χ3n) is 2.78. The molecule has 0 spiro atoms. The first kappa shape index (κ1) is 13.2. The van der Waals surface area contributed by atoms with Gasteiger partial charge < -0.3 is 9.88 Å². The number of aromatic nitrogens is 2. The monoisotopic (exact) mass is 262 g/mol. The number of hydrogen-bond acceptors (Lipinski definition) is 3. The Morgan fingerprint density at radius 2 is 2.00 bits per heavy atom. The Morgan fingerprint density at radius 1 is 1.32 bits per heavy atom. The van der Waals surface area contributed by atoms with Gasteiger partial charge in [-0.15, -0.1) is 0 Å². The molecule has 1 heterocycles. The second-order valence-corrected chi connectivity index (χ2v) is 4.09. The van der Waals surface area contributed by atoms with E-state index in [-0.39, 0.29) is 17.7 Å². The standard InChI is InChI=1S/C13H12F2N4/c1-19-3-2-18-13(19)8-17-7-10-11(14)4-9(6-16)5-12(10)15/h2-5,17H,7-8H2,1H3. The van der Waals surface area contributed by atoms with Crippen molar-refractivity contribution < 1.29 is 8.78 Å². The van der Waals surface area contributed by atoms with Crippen molar-refractivity contribution in [2.75, 3.05) is 0 Å². The van der Waals surface area contributed by atoms with E-state index in [9.17, 15) is 8.78 Å². The number of aryl methyl sites for hydroxylation is 1. The molecule has 6 heteroatoms. The van der Waals surface area contributed by atoms with Crippen molar-refractivity contribution in [3.63, 3.8) is 0 Å². The van der Waals surface area contributed by atoms with Crippen molar-refractivity contribution in [1.82, 2.24) is 14.9 Å². The van der Waals surface area contributed by atoms with Gasteiger partial charge in [0.15, 0.2) is 0 Å². The van der Waals surface area contributed by atoms with E-state index in [2.05, 4.69) is 10.3 Å². The first-order valence-corrected chi connectivity index (χ1v) is 5.66. The quantitative estimate of drug-likeness (QED) is 0.915. The molecule has 98 valence electrons. The molecule has 4 nitrogen and oxygen atoms in total. The number of halogens is 2. The molecule has 1 aromatic heterocycles. The summed E-state index contributed by atoms with van der Waals surface area (Å²) in [5.41, 5.74) is -0.101. The highest BCUT2D eigenvalue weighted by Crippen LogP contribution is 2.15. The maximum Gasteiger partial charge on any atom is 0.131 e. The molecule has 0 aliphatic rings. The molecule has 1 aromatic carbocycles. The first-order chi connectivity index (χ1) is 9.11. The van der Waals surface area contributed by atoms with Crippen molar-refractivity contribution in [2.45, 2.75) is 13.1 Å². The van der Waals surface area contributed by atoms with Crippen LogP contribution in [0.5, 0.6) is 0 Å². The molecule has 2 rings (SSSR count). The molecule has 0 bridgehead atoms. The zero-order chi connectivity index (χ0) is 13.8. The molecule has 0 radical (unpaired) electrons. The van der Waals surface area contributed by atoms with Crippen molar-refractivity contribution in [3.8, 4) is 6.07 Å². The summed E-state index contributed by atoms with van der Waals surface area (Å²) in [6.07, 6.45) is 3.44. The van der Waals surface area contributed by atoms with Crippen LogP contribution < -0.4 is 5.32 Å². The molecular weight excluding hydrogens is 250 g/mol. The fourth-order valence-corrected chi connectivity index (χ4v) is 1.70. The first-order valence-electron chi connectivity index (χ1n) is 5.66. The van der Waals surface area contributed by atoms with Gasteiger partial charge in [-0.25, -0.2) is 13.8 Å². The Labute approximate surface area is 109 Å². The Balaban J connectivity index is 2.04. The van der Waals surface area contributed by atoms with Crippen molar-refractivity contribution in [3.05, 3.63) is 53.1 Å². The minimum Gasteiger partial charge on any atom is -0.337 e. The van der Waals surface area contributed by atoms with Gasteiger partial charge in [0.2, 0.25) is 0 Å². The summed E-state index contributed by atoms with van der Waals surface area (Å²) in [6.45, 7) is 0.443. The van der Waals surface area contributed by atoms with E-state index < -0.39 is 11.6 Å². The zero-order valence-corrected chi connectivity index (χ0v) is 10.3. The Bertz CT molecular complexity index is 605. The summed E-state index contributed by atoms with van der Waals surface area (Å²) in [7, 11) is 1.84. The fraction of sp³-hybridized carbons (Fsp3) is 0.231. The van der Waals surface area contributed by atoms with Crippen LogP contribution in [0.4, 0.5) is 8.78 Å². The number of imidazole rings is 1. The SMILES string of the molecule is Cn1ccnc1CNCc1c(F)cc(C#N)cc1F. The average Bonchev–Trinajstić information content (AvgIpc) is 2.78.